The minimum absolute atomic E-state index is 0.281. The SMILES string of the molecule is CN(C)CCCN(C)c1nn[nH]c1F. The second-order valence-corrected chi connectivity index (χ2v) is 3.53. The zero-order valence-electron chi connectivity index (χ0n) is 8.79. The minimum atomic E-state index is -0.475. The van der Waals surface area contributed by atoms with Gasteiger partial charge in [-0.05, 0) is 27.1 Å². The Hall–Kier alpha value is -1.17. The summed E-state index contributed by atoms with van der Waals surface area (Å²) in [7, 11) is 5.82. The number of aromatic nitrogens is 3. The molecule has 6 heteroatoms. The van der Waals surface area contributed by atoms with Crippen LogP contribution >= 0.6 is 0 Å². The van der Waals surface area contributed by atoms with Gasteiger partial charge in [-0.2, -0.15) is 4.39 Å². The van der Waals surface area contributed by atoms with Gasteiger partial charge in [0.15, 0.2) is 0 Å². The molecule has 1 N–H and O–H groups in total. The highest BCUT2D eigenvalue weighted by Crippen LogP contribution is 2.10. The number of halogens is 1. The first-order chi connectivity index (χ1) is 6.61. The van der Waals surface area contributed by atoms with Crippen molar-refractivity contribution in [2.75, 3.05) is 39.1 Å². The van der Waals surface area contributed by atoms with Gasteiger partial charge in [-0.25, -0.2) is 5.10 Å². The summed E-state index contributed by atoms with van der Waals surface area (Å²) >= 11 is 0. The van der Waals surface area contributed by atoms with E-state index in [1.165, 1.54) is 0 Å². The van der Waals surface area contributed by atoms with Crippen molar-refractivity contribution < 1.29 is 4.39 Å². The summed E-state index contributed by atoms with van der Waals surface area (Å²) in [6.07, 6.45) is 0.968. The first-order valence-corrected chi connectivity index (χ1v) is 4.53. The largest absolute Gasteiger partial charge is 0.354 e. The summed E-state index contributed by atoms with van der Waals surface area (Å²) < 4.78 is 13.0. The number of hydrogen-bond donors (Lipinski definition) is 1. The molecule has 0 fully saturated rings. The smallest absolute Gasteiger partial charge is 0.253 e. The molecule has 0 aliphatic heterocycles. The minimum Gasteiger partial charge on any atom is -0.354 e. The first-order valence-electron chi connectivity index (χ1n) is 4.53. The van der Waals surface area contributed by atoms with Gasteiger partial charge in [0.05, 0.1) is 0 Å². The zero-order valence-corrected chi connectivity index (χ0v) is 8.79. The average molecular weight is 201 g/mol. The number of nitrogens with zero attached hydrogens (tertiary/aromatic N) is 4. The fourth-order valence-electron chi connectivity index (χ4n) is 1.18. The Bertz CT molecular complexity index is 272. The van der Waals surface area contributed by atoms with Crippen LogP contribution in [0.25, 0.3) is 0 Å². The summed E-state index contributed by atoms with van der Waals surface area (Å²) in [6.45, 7) is 1.74. The Labute approximate surface area is 82.9 Å². The van der Waals surface area contributed by atoms with Gasteiger partial charge in [-0.3, -0.25) is 0 Å². The van der Waals surface area contributed by atoms with Crippen LogP contribution in [0.5, 0.6) is 0 Å². The van der Waals surface area contributed by atoms with E-state index in [1.807, 2.05) is 14.1 Å². The second-order valence-electron chi connectivity index (χ2n) is 3.53. The summed E-state index contributed by atoms with van der Waals surface area (Å²) in [5, 5.41) is 9.20. The summed E-state index contributed by atoms with van der Waals surface area (Å²) in [5.41, 5.74) is 0. The van der Waals surface area contributed by atoms with Crippen LogP contribution in [0.1, 0.15) is 6.42 Å². The number of H-pyrrole nitrogens is 1. The predicted molar refractivity (Wildman–Crippen MR) is 52.8 cm³/mol. The number of anilines is 1. The molecule has 0 aromatic carbocycles. The Morgan fingerprint density at radius 2 is 2.00 bits per heavy atom. The number of rotatable bonds is 5. The fourth-order valence-corrected chi connectivity index (χ4v) is 1.18. The lowest BCUT2D eigenvalue weighted by Crippen LogP contribution is -2.24. The maximum absolute atomic E-state index is 13.0. The van der Waals surface area contributed by atoms with Crippen LogP contribution in [-0.2, 0) is 0 Å². The lowest BCUT2D eigenvalue weighted by Gasteiger charge is -2.16. The molecule has 0 saturated heterocycles. The van der Waals surface area contributed by atoms with Crippen LogP contribution < -0.4 is 4.90 Å². The Kier molecular flexibility index (Phi) is 3.82. The average Bonchev–Trinajstić information content (AvgIpc) is 2.50. The molecule has 0 unspecified atom stereocenters. The van der Waals surface area contributed by atoms with Gasteiger partial charge < -0.3 is 9.80 Å². The van der Waals surface area contributed by atoms with E-state index in [1.54, 1.807) is 11.9 Å². The molecule has 0 atom stereocenters. The molecule has 0 amide bonds. The van der Waals surface area contributed by atoms with E-state index in [4.69, 9.17) is 0 Å². The molecule has 0 spiro atoms. The third-order valence-corrected chi connectivity index (χ3v) is 1.95. The van der Waals surface area contributed by atoms with Crippen molar-refractivity contribution in [1.82, 2.24) is 20.3 Å². The van der Waals surface area contributed by atoms with Crippen molar-refractivity contribution in [2.45, 2.75) is 6.42 Å². The second kappa shape index (κ2) is 4.90. The predicted octanol–water partition coefficient (Wildman–Crippen LogP) is 0.332. The van der Waals surface area contributed by atoms with Crippen LogP contribution in [0, 0.1) is 5.95 Å². The molecule has 0 radical (unpaired) electrons. The van der Waals surface area contributed by atoms with E-state index in [0.29, 0.717) is 0 Å². The molecular formula is C8H16FN5. The van der Waals surface area contributed by atoms with Gasteiger partial charge in [-0.15, -0.1) is 5.10 Å². The van der Waals surface area contributed by atoms with Gasteiger partial charge in [0.2, 0.25) is 5.82 Å². The topological polar surface area (TPSA) is 48.1 Å². The highest BCUT2D eigenvalue weighted by molar-refractivity contribution is 5.33. The van der Waals surface area contributed by atoms with Crippen molar-refractivity contribution in [3.8, 4) is 0 Å². The highest BCUT2D eigenvalue weighted by Gasteiger charge is 2.10. The van der Waals surface area contributed by atoms with Crippen LogP contribution in [-0.4, -0.2) is 54.5 Å². The molecule has 1 aromatic heterocycles. The maximum atomic E-state index is 13.0. The van der Waals surface area contributed by atoms with Crippen molar-refractivity contribution in [3.63, 3.8) is 0 Å². The van der Waals surface area contributed by atoms with E-state index in [-0.39, 0.29) is 5.82 Å². The molecule has 1 aromatic rings. The Morgan fingerprint density at radius 3 is 2.50 bits per heavy atom. The molecule has 80 valence electrons. The molecular weight excluding hydrogens is 185 g/mol. The summed E-state index contributed by atoms with van der Waals surface area (Å²) in [5.74, 6) is -0.193. The zero-order chi connectivity index (χ0) is 10.6. The quantitative estimate of drug-likeness (QED) is 0.746. The number of aromatic amines is 1. The fraction of sp³-hybridized carbons (Fsp3) is 0.750. The highest BCUT2D eigenvalue weighted by atomic mass is 19.1. The first kappa shape index (κ1) is 10.9. The molecule has 0 saturated carbocycles. The van der Waals surface area contributed by atoms with Crippen LogP contribution in [0.15, 0.2) is 0 Å². The molecule has 0 aliphatic rings. The molecule has 0 bridgehead atoms. The van der Waals surface area contributed by atoms with Gasteiger partial charge in [0, 0.05) is 13.6 Å². The molecule has 1 rings (SSSR count). The van der Waals surface area contributed by atoms with Gasteiger partial charge in [-0.1, -0.05) is 5.21 Å². The van der Waals surface area contributed by atoms with Crippen molar-refractivity contribution in [2.24, 2.45) is 0 Å². The number of nitrogens with one attached hydrogen (secondary N) is 1. The molecule has 5 nitrogen and oxygen atoms in total. The number of hydrogen-bond acceptors (Lipinski definition) is 4. The van der Waals surface area contributed by atoms with Crippen LogP contribution in [0.2, 0.25) is 0 Å². The normalized spacial score (nSPS) is 10.9. The van der Waals surface area contributed by atoms with Crippen molar-refractivity contribution >= 4 is 5.82 Å². The van der Waals surface area contributed by atoms with Crippen molar-refractivity contribution in [1.29, 1.82) is 0 Å². The monoisotopic (exact) mass is 201 g/mol. The van der Waals surface area contributed by atoms with E-state index < -0.39 is 5.95 Å². The summed E-state index contributed by atoms with van der Waals surface area (Å²) in [4.78, 5) is 3.84. The maximum Gasteiger partial charge on any atom is 0.253 e. The lowest BCUT2D eigenvalue weighted by molar-refractivity contribution is 0.401. The molecule has 0 aliphatic carbocycles. The Balaban J connectivity index is 2.36. The molecule has 1 heterocycles. The Morgan fingerprint density at radius 1 is 1.29 bits per heavy atom. The lowest BCUT2D eigenvalue weighted by atomic mass is 10.4. The van der Waals surface area contributed by atoms with Crippen LogP contribution in [0.3, 0.4) is 0 Å². The van der Waals surface area contributed by atoms with E-state index in [0.717, 1.165) is 19.5 Å². The van der Waals surface area contributed by atoms with E-state index in [9.17, 15) is 4.39 Å². The third-order valence-electron chi connectivity index (χ3n) is 1.95. The van der Waals surface area contributed by atoms with Gasteiger partial charge in [0.1, 0.15) is 0 Å². The third kappa shape index (κ3) is 2.95. The molecule has 14 heavy (non-hydrogen) atoms. The van der Waals surface area contributed by atoms with E-state index in [2.05, 4.69) is 20.3 Å². The van der Waals surface area contributed by atoms with Crippen LogP contribution in [0.4, 0.5) is 10.2 Å². The standard InChI is InChI=1S/C8H16FN5/c1-13(2)5-4-6-14(3)8-7(9)10-12-11-8/h4-6H2,1-3H3,(H,10,11,12). The van der Waals surface area contributed by atoms with Gasteiger partial charge in [0.25, 0.3) is 5.95 Å². The summed E-state index contributed by atoms with van der Waals surface area (Å²) in [6, 6.07) is 0. The van der Waals surface area contributed by atoms with Crippen molar-refractivity contribution in [3.05, 3.63) is 5.95 Å². The van der Waals surface area contributed by atoms with Gasteiger partial charge >= 0.3 is 0 Å². The van der Waals surface area contributed by atoms with E-state index >= 15 is 0 Å².